The molecule has 140 valence electrons. The van der Waals surface area contributed by atoms with E-state index in [0.717, 1.165) is 34.6 Å². The molecule has 2 aromatic carbocycles. The van der Waals surface area contributed by atoms with E-state index in [1.54, 1.807) is 13.3 Å². The van der Waals surface area contributed by atoms with Gasteiger partial charge in [-0.3, -0.25) is 4.79 Å². The molecule has 1 aromatic heterocycles. The van der Waals surface area contributed by atoms with Crippen LogP contribution in [0.1, 0.15) is 34.4 Å². The van der Waals surface area contributed by atoms with Crippen molar-refractivity contribution in [2.24, 2.45) is 0 Å². The third-order valence-corrected chi connectivity index (χ3v) is 6.00. The fourth-order valence-corrected chi connectivity index (χ4v) is 4.25. The summed E-state index contributed by atoms with van der Waals surface area (Å²) in [5.74, 6) is 0.693. The molecule has 1 aliphatic carbocycles. The highest BCUT2D eigenvalue weighted by Gasteiger charge is 2.53. The standard InChI is InChI=1S/C22H19N3O2S/c1-27-19-9-5-4-8-18(19)22(10-11-22)20(26)25-21-24-14-17(28-21)12-15-6-2-3-7-16(15)13-23/h2-9,14H,10-12H2,1H3,(H,24,25,26). The third kappa shape index (κ3) is 3.37. The van der Waals surface area contributed by atoms with Crippen molar-refractivity contribution in [3.8, 4) is 11.8 Å². The van der Waals surface area contributed by atoms with Crippen LogP contribution in [0.25, 0.3) is 0 Å². The Morgan fingerprint density at radius 3 is 2.75 bits per heavy atom. The number of hydrogen-bond acceptors (Lipinski definition) is 5. The fourth-order valence-electron chi connectivity index (χ4n) is 3.42. The van der Waals surface area contributed by atoms with Crippen LogP contribution in [-0.2, 0) is 16.6 Å². The maximum absolute atomic E-state index is 13.0. The van der Waals surface area contributed by atoms with Gasteiger partial charge in [0.2, 0.25) is 5.91 Å². The molecule has 0 atom stereocenters. The van der Waals surface area contributed by atoms with Gasteiger partial charge in [-0.15, -0.1) is 11.3 Å². The monoisotopic (exact) mass is 389 g/mol. The predicted octanol–water partition coefficient (Wildman–Crippen LogP) is 4.28. The molecule has 0 radical (unpaired) electrons. The highest BCUT2D eigenvalue weighted by atomic mass is 32.1. The number of carbonyl (C=O) groups excluding carboxylic acids is 1. The van der Waals surface area contributed by atoms with Gasteiger partial charge in [0.25, 0.3) is 0 Å². The number of rotatable bonds is 6. The van der Waals surface area contributed by atoms with E-state index in [0.29, 0.717) is 17.1 Å². The number of amides is 1. The molecule has 28 heavy (non-hydrogen) atoms. The lowest BCUT2D eigenvalue weighted by atomic mass is 9.94. The van der Waals surface area contributed by atoms with Gasteiger partial charge in [-0.1, -0.05) is 36.4 Å². The van der Waals surface area contributed by atoms with E-state index in [9.17, 15) is 10.1 Å². The van der Waals surface area contributed by atoms with E-state index in [4.69, 9.17) is 4.74 Å². The quantitative estimate of drug-likeness (QED) is 0.683. The zero-order chi connectivity index (χ0) is 19.6. The van der Waals surface area contributed by atoms with E-state index in [1.807, 2.05) is 48.5 Å². The lowest BCUT2D eigenvalue weighted by Crippen LogP contribution is -2.28. The highest BCUT2D eigenvalue weighted by molar-refractivity contribution is 7.15. The number of carbonyl (C=O) groups is 1. The summed E-state index contributed by atoms with van der Waals surface area (Å²) in [4.78, 5) is 18.3. The van der Waals surface area contributed by atoms with Crippen molar-refractivity contribution in [1.29, 1.82) is 5.26 Å². The van der Waals surface area contributed by atoms with Crippen molar-refractivity contribution in [2.75, 3.05) is 12.4 Å². The largest absolute Gasteiger partial charge is 0.496 e. The van der Waals surface area contributed by atoms with Gasteiger partial charge < -0.3 is 10.1 Å². The lowest BCUT2D eigenvalue weighted by Gasteiger charge is -2.17. The van der Waals surface area contributed by atoms with Crippen molar-refractivity contribution in [3.05, 3.63) is 76.3 Å². The van der Waals surface area contributed by atoms with Gasteiger partial charge in [0.15, 0.2) is 5.13 Å². The maximum Gasteiger partial charge on any atom is 0.236 e. The number of benzene rings is 2. The van der Waals surface area contributed by atoms with Crippen LogP contribution in [0.5, 0.6) is 5.75 Å². The van der Waals surface area contributed by atoms with Crippen molar-refractivity contribution >= 4 is 22.4 Å². The first-order valence-corrected chi connectivity index (χ1v) is 9.85. The molecule has 1 amide bonds. The number of hydrogen-bond donors (Lipinski definition) is 1. The van der Waals surface area contributed by atoms with Gasteiger partial charge in [0, 0.05) is 23.1 Å². The molecule has 5 nitrogen and oxygen atoms in total. The van der Waals surface area contributed by atoms with Crippen LogP contribution in [0.3, 0.4) is 0 Å². The second kappa shape index (κ2) is 7.45. The molecule has 0 aliphatic heterocycles. The Morgan fingerprint density at radius 2 is 2.00 bits per heavy atom. The predicted molar refractivity (Wildman–Crippen MR) is 109 cm³/mol. The number of nitriles is 1. The topological polar surface area (TPSA) is 75.0 Å². The van der Waals surface area contributed by atoms with Crippen LogP contribution < -0.4 is 10.1 Å². The van der Waals surface area contributed by atoms with Crippen molar-refractivity contribution in [3.63, 3.8) is 0 Å². The van der Waals surface area contributed by atoms with E-state index >= 15 is 0 Å². The van der Waals surface area contributed by atoms with Crippen LogP contribution >= 0.6 is 11.3 Å². The minimum atomic E-state index is -0.536. The van der Waals surface area contributed by atoms with E-state index in [2.05, 4.69) is 16.4 Å². The summed E-state index contributed by atoms with van der Waals surface area (Å²) in [6.07, 6.45) is 3.98. The van der Waals surface area contributed by atoms with E-state index < -0.39 is 5.41 Å². The first kappa shape index (κ1) is 18.2. The highest BCUT2D eigenvalue weighted by Crippen LogP contribution is 2.52. The first-order valence-electron chi connectivity index (χ1n) is 9.04. The third-order valence-electron chi connectivity index (χ3n) is 5.08. The number of para-hydroxylation sites is 1. The van der Waals surface area contributed by atoms with Gasteiger partial charge >= 0.3 is 0 Å². The van der Waals surface area contributed by atoms with Crippen LogP contribution in [0.15, 0.2) is 54.7 Å². The van der Waals surface area contributed by atoms with E-state index in [1.165, 1.54) is 11.3 Å². The van der Waals surface area contributed by atoms with Crippen LogP contribution in [0.2, 0.25) is 0 Å². The molecule has 6 heteroatoms. The zero-order valence-corrected chi connectivity index (χ0v) is 16.3. The summed E-state index contributed by atoms with van der Waals surface area (Å²) in [7, 11) is 1.62. The Balaban J connectivity index is 1.50. The Kier molecular flexibility index (Phi) is 4.84. The fraction of sp³-hybridized carbons (Fsp3) is 0.227. The summed E-state index contributed by atoms with van der Waals surface area (Å²) in [5.41, 5.74) is 2.01. The molecule has 4 rings (SSSR count). The molecule has 0 spiro atoms. The van der Waals surface area contributed by atoms with Crippen molar-refractivity contribution < 1.29 is 9.53 Å². The molecule has 0 unspecified atom stereocenters. The molecule has 1 saturated carbocycles. The molecule has 3 aromatic rings. The maximum atomic E-state index is 13.0. The summed E-state index contributed by atoms with van der Waals surface area (Å²) >= 11 is 1.44. The average Bonchev–Trinajstić information content (AvgIpc) is 3.43. The van der Waals surface area contributed by atoms with Gasteiger partial charge in [-0.05, 0) is 30.5 Å². The number of thiazole rings is 1. The van der Waals surface area contributed by atoms with Crippen molar-refractivity contribution in [1.82, 2.24) is 4.98 Å². The van der Waals surface area contributed by atoms with Crippen LogP contribution in [-0.4, -0.2) is 18.0 Å². The molecule has 0 saturated heterocycles. The van der Waals surface area contributed by atoms with Gasteiger partial charge in [0.1, 0.15) is 5.75 Å². The Bertz CT molecular complexity index is 1060. The number of aromatic nitrogens is 1. The normalized spacial score (nSPS) is 14.1. The molecule has 1 heterocycles. The van der Waals surface area contributed by atoms with Crippen LogP contribution in [0, 0.1) is 11.3 Å². The summed E-state index contributed by atoms with van der Waals surface area (Å²) < 4.78 is 5.45. The molecule has 1 N–H and O–H groups in total. The first-order chi connectivity index (χ1) is 13.7. The number of methoxy groups -OCH3 is 1. The number of anilines is 1. The second-order valence-corrected chi connectivity index (χ2v) is 7.93. The number of nitrogens with one attached hydrogen (secondary N) is 1. The zero-order valence-electron chi connectivity index (χ0n) is 15.4. The lowest BCUT2D eigenvalue weighted by molar-refractivity contribution is -0.118. The van der Waals surface area contributed by atoms with E-state index in [-0.39, 0.29) is 5.91 Å². The molecule has 0 bridgehead atoms. The summed E-state index contributed by atoms with van der Waals surface area (Å²) in [6.45, 7) is 0. The second-order valence-electron chi connectivity index (χ2n) is 6.81. The smallest absolute Gasteiger partial charge is 0.236 e. The molecular formula is C22H19N3O2S. The average molecular weight is 389 g/mol. The summed E-state index contributed by atoms with van der Waals surface area (Å²) in [5, 5.41) is 12.8. The molecule has 1 fully saturated rings. The summed E-state index contributed by atoms with van der Waals surface area (Å²) in [6, 6.07) is 17.4. The Hall–Kier alpha value is -3.17. The Morgan fingerprint density at radius 1 is 1.25 bits per heavy atom. The number of ether oxygens (including phenoxy) is 1. The minimum absolute atomic E-state index is 0.0460. The molecule has 1 aliphatic rings. The van der Waals surface area contributed by atoms with Crippen molar-refractivity contribution in [2.45, 2.75) is 24.7 Å². The SMILES string of the molecule is COc1ccccc1C1(C(=O)Nc2ncc(Cc3ccccc3C#N)s2)CC1. The van der Waals surface area contributed by atoms with Gasteiger partial charge in [-0.2, -0.15) is 5.26 Å². The molecular weight excluding hydrogens is 370 g/mol. The van der Waals surface area contributed by atoms with Crippen LogP contribution in [0.4, 0.5) is 5.13 Å². The number of nitrogens with zero attached hydrogens (tertiary/aromatic N) is 2. The van der Waals surface area contributed by atoms with Gasteiger partial charge in [0.05, 0.1) is 24.2 Å². The Labute approximate surface area is 167 Å². The minimum Gasteiger partial charge on any atom is -0.496 e. The van der Waals surface area contributed by atoms with Gasteiger partial charge in [-0.25, -0.2) is 4.98 Å².